The molecule has 0 aliphatic heterocycles. The van der Waals surface area contributed by atoms with E-state index >= 15 is 0 Å². The van der Waals surface area contributed by atoms with Crippen LogP contribution in [0, 0.1) is 12.8 Å². The van der Waals surface area contributed by atoms with Crippen LogP contribution < -0.4 is 0 Å². The average molecular weight is 233 g/mol. The number of rotatable bonds is 3. The minimum absolute atomic E-state index is 0.743. The predicted molar refractivity (Wildman–Crippen MR) is 69.7 cm³/mol. The van der Waals surface area contributed by atoms with Gasteiger partial charge in [0.05, 0.1) is 0 Å². The quantitative estimate of drug-likeness (QED) is 0.804. The van der Waals surface area contributed by atoms with E-state index < -0.39 is 0 Å². The fourth-order valence-corrected chi connectivity index (χ4v) is 2.60. The summed E-state index contributed by atoms with van der Waals surface area (Å²) >= 11 is 0. The zero-order valence-corrected chi connectivity index (χ0v) is 11.2. The Morgan fingerprint density at radius 2 is 1.76 bits per heavy atom. The summed E-state index contributed by atoms with van der Waals surface area (Å²) in [6.45, 7) is 5.26. The molecule has 3 heteroatoms. The van der Waals surface area contributed by atoms with Crippen LogP contribution in [-0.4, -0.2) is 28.0 Å². The van der Waals surface area contributed by atoms with Crippen molar-refractivity contribution in [3.8, 4) is 0 Å². The Morgan fingerprint density at radius 1 is 1.18 bits per heavy atom. The number of hydrogen-bond acceptors (Lipinski definition) is 3. The molecule has 0 aromatic carbocycles. The molecule has 0 N–H and O–H groups in total. The molecule has 0 unspecified atom stereocenters. The van der Waals surface area contributed by atoms with Crippen LogP contribution in [0.5, 0.6) is 0 Å². The molecule has 1 saturated carbocycles. The lowest BCUT2D eigenvalue weighted by atomic mass is 9.87. The van der Waals surface area contributed by atoms with Gasteiger partial charge in [0.25, 0.3) is 0 Å². The van der Waals surface area contributed by atoms with Crippen LogP contribution in [0.1, 0.15) is 44.0 Å². The molecule has 0 bridgehead atoms. The molecule has 1 aromatic heterocycles. The molecule has 0 saturated heterocycles. The lowest BCUT2D eigenvalue weighted by molar-refractivity contribution is 0.163. The third kappa shape index (κ3) is 3.50. The monoisotopic (exact) mass is 233 g/mol. The van der Waals surface area contributed by atoms with Crippen molar-refractivity contribution in [3.05, 3.63) is 23.8 Å². The van der Waals surface area contributed by atoms with Crippen LogP contribution in [0.4, 0.5) is 0 Å². The van der Waals surface area contributed by atoms with Crippen molar-refractivity contribution < 1.29 is 0 Å². The van der Waals surface area contributed by atoms with Crippen molar-refractivity contribution in [2.24, 2.45) is 5.92 Å². The summed E-state index contributed by atoms with van der Waals surface area (Å²) < 4.78 is 0. The fourth-order valence-electron chi connectivity index (χ4n) is 2.60. The minimum atomic E-state index is 0.743. The molecule has 17 heavy (non-hydrogen) atoms. The van der Waals surface area contributed by atoms with Crippen molar-refractivity contribution in [3.63, 3.8) is 0 Å². The highest BCUT2D eigenvalue weighted by Crippen LogP contribution is 2.26. The van der Waals surface area contributed by atoms with Gasteiger partial charge in [-0.15, -0.1) is 0 Å². The molecule has 0 radical (unpaired) electrons. The van der Waals surface area contributed by atoms with Crippen LogP contribution in [0.3, 0.4) is 0 Å². The standard InChI is InChI=1S/C14H23N3/c1-11-4-6-14(7-5-11)17(3)10-13-8-15-12(2)16-9-13/h8-9,11,14H,4-7,10H2,1-3H3. The molecule has 1 heterocycles. The zero-order chi connectivity index (χ0) is 12.3. The highest BCUT2D eigenvalue weighted by atomic mass is 15.1. The van der Waals surface area contributed by atoms with Crippen molar-refractivity contribution in [2.75, 3.05) is 7.05 Å². The topological polar surface area (TPSA) is 29.0 Å². The second kappa shape index (κ2) is 5.58. The van der Waals surface area contributed by atoms with Gasteiger partial charge in [0.2, 0.25) is 0 Å². The molecule has 1 aromatic rings. The van der Waals surface area contributed by atoms with Crippen LogP contribution in [0.15, 0.2) is 12.4 Å². The van der Waals surface area contributed by atoms with E-state index in [1.807, 2.05) is 19.3 Å². The van der Waals surface area contributed by atoms with E-state index in [1.165, 1.54) is 31.2 Å². The van der Waals surface area contributed by atoms with Crippen LogP contribution in [0.2, 0.25) is 0 Å². The Hall–Kier alpha value is -0.960. The lowest BCUT2D eigenvalue weighted by Gasteiger charge is -2.33. The molecule has 1 aliphatic rings. The third-order valence-corrected chi connectivity index (χ3v) is 3.88. The Bertz CT molecular complexity index is 339. The molecule has 0 amide bonds. The van der Waals surface area contributed by atoms with Crippen molar-refractivity contribution in [1.82, 2.24) is 14.9 Å². The fraction of sp³-hybridized carbons (Fsp3) is 0.714. The van der Waals surface area contributed by atoms with Gasteiger partial charge in [-0.3, -0.25) is 4.90 Å². The molecule has 2 rings (SSSR count). The van der Waals surface area contributed by atoms with Gasteiger partial charge in [-0.2, -0.15) is 0 Å². The van der Waals surface area contributed by atoms with Gasteiger partial charge in [-0.25, -0.2) is 9.97 Å². The molecule has 0 atom stereocenters. The second-order valence-electron chi connectivity index (χ2n) is 5.47. The Labute approximate surface area is 104 Å². The van der Waals surface area contributed by atoms with Gasteiger partial charge in [0, 0.05) is 30.5 Å². The van der Waals surface area contributed by atoms with E-state index in [2.05, 4.69) is 28.8 Å². The van der Waals surface area contributed by atoms with E-state index in [1.54, 1.807) is 0 Å². The molecular formula is C14H23N3. The smallest absolute Gasteiger partial charge is 0.125 e. The number of hydrogen-bond donors (Lipinski definition) is 0. The summed E-state index contributed by atoms with van der Waals surface area (Å²) in [6.07, 6.45) is 9.32. The number of aromatic nitrogens is 2. The molecule has 1 aliphatic carbocycles. The van der Waals surface area contributed by atoms with Crippen molar-refractivity contribution in [2.45, 2.75) is 52.1 Å². The van der Waals surface area contributed by atoms with Crippen molar-refractivity contribution >= 4 is 0 Å². The maximum Gasteiger partial charge on any atom is 0.125 e. The number of nitrogens with zero attached hydrogens (tertiary/aromatic N) is 3. The molecule has 1 fully saturated rings. The summed E-state index contributed by atoms with van der Waals surface area (Å²) in [5, 5.41) is 0. The first-order valence-corrected chi connectivity index (χ1v) is 6.63. The first kappa shape index (κ1) is 12.5. The van der Waals surface area contributed by atoms with Gasteiger partial charge < -0.3 is 0 Å². The zero-order valence-electron chi connectivity index (χ0n) is 11.2. The van der Waals surface area contributed by atoms with Crippen LogP contribution in [0.25, 0.3) is 0 Å². The molecule has 3 nitrogen and oxygen atoms in total. The van der Waals surface area contributed by atoms with Crippen LogP contribution >= 0.6 is 0 Å². The molecular weight excluding hydrogens is 210 g/mol. The summed E-state index contributed by atoms with van der Waals surface area (Å²) in [7, 11) is 2.22. The van der Waals surface area contributed by atoms with E-state index in [-0.39, 0.29) is 0 Å². The predicted octanol–water partition coefficient (Wildman–Crippen LogP) is 2.80. The Balaban J connectivity index is 1.88. The van der Waals surface area contributed by atoms with E-state index in [9.17, 15) is 0 Å². The molecule has 0 spiro atoms. The van der Waals surface area contributed by atoms with Crippen molar-refractivity contribution in [1.29, 1.82) is 0 Å². The summed E-state index contributed by atoms with van der Waals surface area (Å²) in [5.74, 6) is 1.77. The average Bonchev–Trinajstić information content (AvgIpc) is 2.33. The van der Waals surface area contributed by atoms with Gasteiger partial charge in [-0.05, 0) is 45.6 Å². The van der Waals surface area contributed by atoms with Crippen LogP contribution in [-0.2, 0) is 6.54 Å². The minimum Gasteiger partial charge on any atom is -0.299 e. The lowest BCUT2D eigenvalue weighted by Crippen LogP contribution is -2.34. The first-order chi connectivity index (χ1) is 8.15. The van der Waals surface area contributed by atoms with Gasteiger partial charge in [0.15, 0.2) is 0 Å². The van der Waals surface area contributed by atoms with E-state index in [0.29, 0.717) is 0 Å². The first-order valence-electron chi connectivity index (χ1n) is 6.63. The summed E-state index contributed by atoms with van der Waals surface area (Å²) in [4.78, 5) is 11.0. The normalized spacial score (nSPS) is 25.2. The maximum atomic E-state index is 4.25. The van der Waals surface area contributed by atoms with Gasteiger partial charge >= 0.3 is 0 Å². The largest absolute Gasteiger partial charge is 0.299 e. The number of aryl methyl sites for hydroxylation is 1. The maximum absolute atomic E-state index is 4.25. The Kier molecular flexibility index (Phi) is 4.11. The summed E-state index contributed by atoms with van der Waals surface area (Å²) in [6, 6.07) is 0.743. The van der Waals surface area contributed by atoms with E-state index in [0.717, 1.165) is 24.3 Å². The third-order valence-electron chi connectivity index (χ3n) is 3.88. The van der Waals surface area contributed by atoms with E-state index in [4.69, 9.17) is 0 Å². The summed E-state index contributed by atoms with van der Waals surface area (Å²) in [5.41, 5.74) is 1.22. The Morgan fingerprint density at radius 3 is 2.35 bits per heavy atom. The SMILES string of the molecule is Cc1ncc(CN(C)C2CCC(C)CC2)cn1. The highest BCUT2D eigenvalue weighted by molar-refractivity contribution is 5.04. The molecule has 94 valence electrons. The second-order valence-corrected chi connectivity index (χ2v) is 5.47. The highest BCUT2D eigenvalue weighted by Gasteiger charge is 2.21. The van der Waals surface area contributed by atoms with Gasteiger partial charge in [0.1, 0.15) is 5.82 Å². The van der Waals surface area contributed by atoms with Gasteiger partial charge in [-0.1, -0.05) is 6.92 Å².